The van der Waals surface area contributed by atoms with Crippen molar-refractivity contribution in [1.82, 2.24) is 0 Å². The zero-order valence-corrected chi connectivity index (χ0v) is 10.6. The number of carbonyl (C=O) groups is 1. The van der Waals surface area contributed by atoms with Crippen LogP contribution in [0.4, 0.5) is 4.39 Å². The van der Waals surface area contributed by atoms with Gasteiger partial charge in [-0.3, -0.25) is 0 Å². The molecule has 0 aromatic heterocycles. The molecule has 2 N–H and O–H groups in total. The van der Waals surface area contributed by atoms with Gasteiger partial charge in [0, 0.05) is 10.0 Å². The fourth-order valence-corrected chi connectivity index (χ4v) is 3.58. The minimum absolute atomic E-state index is 0.0898. The number of carbonyl (C=O) groups excluding carboxylic acids is 1. The summed E-state index contributed by atoms with van der Waals surface area (Å²) in [5.74, 6) is -0.901. The predicted octanol–water partition coefficient (Wildman–Crippen LogP) is 0.0155. The molecule has 2 rings (SSSR count). The first-order chi connectivity index (χ1) is 7.58. The maximum absolute atomic E-state index is 13.1. The van der Waals surface area contributed by atoms with Crippen molar-refractivity contribution < 1.29 is 19.6 Å². The van der Waals surface area contributed by atoms with Crippen LogP contribution < -0.4 is 10.4 Å². The van der Waals surface area contributed by atoms with E-state index in [4.69, 9.17) is 0 Å². The lowest BCUT2D eigenvalue weighted by Gasteiger charge is -2.12. The van der Waals surface area contributed by atoms with E-state index in [0.29, 0.717) is 5.75 Å². The number of rotatable bonds is 2. The van der Waals surface area contributed by atoms with Gasteiger partial charge < -0.3 is 15.2 Å². The second-order valence-corrected chi connectivity index (χ2v) is 5.57. The molecular formula is C10H9BrFNO2S. The van der Waals surface area contributed by atoms with Crippen LogP contribution in [0.25, 0.3) is 0 Å². The molecule has 0 bridgehead atoms. The molecule has 1 aliphatic rings. The molecule has 0 amide bonds. The Morgan fingerprint density at radius 3 is 3.00 bits per heavy atom. The Kier molecular flexibility index (Phi) is 3.51. The van der Waals surface area contributed by atoms with Gasteiger partial charge in [-0.25, -0.2) is 4.39 Å². The molecule has 6 heteroatoms. The van der Waals surface area contributed by atoms with E-state index in [1.807, 2.05) is 0 Å². The number of carboxylic acid groups (broad SMARTS) is 1. The maximum atomic E-state index is 13.1. The Balaban J connectivity index is 2.20. The number of hydrogen-bond donors (Lipinski definition) is 1. The normalized spacial score (nSPS) is 24.6. The summed E-state index contributed by atoms with van der Waals surface area (Å²) in [5, 5.41) is 12.3. The summed E-state index contributed by atoms with van der Waals surface area (Å²) >= 11 is 4.82. The summed E-state index contributed by atoms with van der Waals surface area (Å²) in [6.07, 6.45) is 0. The first kappa shape index (κ1) is 11.9. The number of thioether (sulfide) groups is 1. The molecule has 0 radical (unpaired) electrons. The molecule has 3 nitrogen and oxygen atoms in total. The standard InChI is InChI=1S/C10H9BrFNO2S/c11-7-2-1-5(12)3-6(7)9-13-8(4-16-9)10(14)15/h1-3,8-9,13H,4H2,(H,14,15). The Labute approximate surface area is 105 Å². The molecule has 1 aromatic carbocycles. The van der Waals surface area contributed by atoms with Crippen LogP contribution in [-0.4, -0.2) is 17.8 Å². The number of quaternary nitrogens is 1. The Morgan fingerprint density at radius 1 is 1.62 bits per heavy atom. The first-order valence-electron chi connectivity index (χ1n) is 4.70. The molecule has 2 atom stereocenters. The van der Waals surface area contributed by atoms with Crippen LogP contribution in [-0.2, 0) is 4.79 Å². The van der Waals surface area contributed by atoms with Crippen LogP contribution >= 0.6 is 27.7 Å². The van der Waals surface area contributed by atoms with Crippen molar-refractivity contribution in [2.45, 2.75) is 11.4 Å². The predicted molar refractivity (Wildman–Crippen MR) is 60.0 cm³/mol. The molecule has 1 fully saturated rings. The van der Waals surface area contributed by atoms with E-state index in [1.165, 1.54) is 23.9 Å². The van der Waals surface area contributed by atoms with Gasteiger partial charge >= 0.3 is 0 Å². The second kappa shape index (κ2) is 4.73. The van der Waals surface area contributed by atoms with Crippen molar-refractivity contribution in [3.8, 4) is 0 Å². The maximum Gasteiger partial charge on any atom is 0.160 e. The monoisotopic (exact) mass is 305 g/mol. The number of carboxylic acids is 1. The smallest absolute Gasteiger partial charge is 0.160 e. The number of halogens is 2. The highest BCUT2D eigenvalue weighted by Crippen LogP contribution is 2.32. The van der Waals surface area contributed by atoms with Crippen molar-refractivity contribution >= 4 is 33.7 Å². The molecule has 1 heterocycles. The molecule has 1 aromatic rings. The fourth-order valence-electron chi connectivity index (χ4n) is 1.60. The largest absolute Gasteiger partial charge is 0.544 e. The molecule has 16 heavy (non-hydrogen) atoms. The van der Waals surface area contributed by atoms with Crippen LogP contribution in [0.15, 0.2) is 22.7 Å². The number of hydrogen-bond acceptors (Lipinski definition) is 3. The number of aliphatic carboxylic acids is 1. The van der Waals surface area contributed by atoms with Crippen molar-refractivity contribution in [1.29, 1.82) is 0 Å². The van der Waals surface area contributed by atoms with E-state index < -0.39 is 12.0 Å². The average Bonchev–Trinajstić information content (AvgIpc) is 2.70. The third kappa shape index (κ3) is 2.39. The van der Waals surface area contributed by atoms with Gasteiger partial charge in [0.15, 0.2) is 5.37 Å². The van der Waals surface area contributed by atoms with Gasteiger partial charge in [-0.1, -0.05) is 27.7 Å². The van der Waals surface area contributed by atoms with E-state index in [0.717, 1.165) is 10.0 Å². The zero-order chi connectivity index (χ0) is 11.7. The lowest BCUT2D eigenvalue weighted by Crippen LogP contribution is -2.90. The summed E-state index contributed by atoms with van der Waals surface area (Å²) in [6, 6.07) is 3.87. The molecule has 86 valence electrons. The highest BCUT2D eigenvalue weighted by molar-refractivity contribution is 9.10. The highest BCUT2D eigenvalue weighted by Gasteiger charge is 2.32. The Hall–Kier alpha value is -0.590. The van der Waals surface area contributed by atoms with Crippen LogP contribution in [0.5, 0.6) is 0 Å². The minimum Gasteiger partial charge on any atom is -0.544 e. The van der Waals surface area contributed by atoms with E-state index in [1.54, 1.807) is 11.4 Å². The van der Waals surface area contributed by atoms with E-state index in [-0.39, 0.29) is 11.2 Å². The molecule has 2 unspecified atom stereocenters. The van der Waals surface area contributed by atoms with Crippen LogP contribution in [0.2, 0.25) is 0 Å². The summed E-state index contributed by atoms with van der Waals surface area (Å²) in [4.78, 5) is 10.7. The highest BCUT2D eigenvalue weighted by atomic mass is 79.9. The summed E-state index contributed by atoms with van der Waals surface area (Å²) in [6.45, 7) is 0. The van der Waals surface area contributed by atoms with Gasteiger partial charge in [0.2, 0.25) is 0 Å². The molecule has 1 aliphatic heterocycles. The molecule has 0 saturated carbocycles. The van der Waals surface area contributed by atoms with Gasteiger partial charge in [-0.2, -0.15) is 0 Å². The van der Waals surface area contributed by atoms with Crippen LogP contribution in [0.3, 0.4) is 0 Å². The number of benzene rings is 1. The molecule has 0 spiro atoms. The SMILES string of the molecule is O=C([O-])C1CSC(c2cc(F)ccc2Br)[NH2+]1. The van der Waals surface area contributed by atoms with Crippen molar-refractivity contribution in [3.05, 3.63) is 34.1 Å². The zero-order valence-electron chi connectivity index (χ0n) is 8.15. The van der Waals surface area contributed by atoms with Gasteiger partial charge in [-0.15, -0.1) is 0 Å². The van der Waals surface area contributed by atoms with Crippen molar-refractivity contribution in [2.24, 2.45) is 0 Å². The third-order valence-electron chi connectivity index (χ3n) is 2.43. The van der Waals surface area contributed by atoms with Crippen LogP contribution in [0, 0.1) is 5.82 Å². The Bertz CT molecular complexity index is 429. The average molecular weight is 306 g/mol. The van der Waals surface area contributed by atoms with Gasteiger partial charge in [-0.05, 0) is 18.2 Å². The quantitative estimate of drug-likeness (QED) is 0.838. The van der Waals surface area contributed by atoms with E-state index >= 15 is 0 Å². The summed E-state index contributed by atoms with van der Waals surface area (Å²) in [7, 11) is 0. The lowest BCUT2D eigenvalue weighted by atomic mass is 10.2. The first-order valence-corrected chi connectivity index (χ1v) is 6.54. The Morgan fingerprint density at radius 2 is 2.38 bits per heavy atom. The third-order valence-corrected chi connectivity index (χ3v) is 4.47. The lowest BCUT2D eigenvalue weighted by molar-refractivity contribution is -0.690. The molecular weight excluding hydrogens is 297 g/mol. The summed E-state index contributed by atoms with van der Waals surface area (Å²) < 4.78 is 13.9. The topological polar surface area (TPSA) is 56.7 Å². The van der Waals surface area contributed by atoms with E-state index in [9.17, 15) is 14.3 Å². The summed E-state index contributed by atoms with van der Waals surface area (Å²) in [5.41, 5.74) is 0.772. The minimum atomic E-state index is -1.07. The van der Waals surface area contributed by atoms with Crippen molar-refractivity contribution in [3.63, 3.8) is 0 Å². The van der Waals surface area contributed by atoms with Gasteiger partial charge in [0.05, 0.1) is 5.75 Å². The molecule has 1 saturated heterocycles. The van der Waals surface area contributed by atoms with Crippen molar-refractivity contribution in [2.75, 3.05) is 5.75 Å². The van der Waals surface area contributed by atoms with E-state index in [2.05, 4.69) is 15.9 Å². The second-order valence-electron chi connectivity index (χ2n) is 3.54. The van der Waals surface area contributed by atoms with Gasteiger partial charge in [0.25, 0.3) is 0 Å². The van der Waals surface area contributed by atoms with Gasteiger partial charge in [0.1, 0.15) is 17.8 Å². The molecule has 0 aliphatic carbocycles. The fraction of sp³-hybridized carbons (Fsp3) is 0.300. The van der Waals surface area contributed by atoms with Crippen LogP contribution in [0.1, 0.15) is 10.9 Å². The number of nitrogens with two attached hydrogens (primary N) is 1.